The Morgan fingerprint density at radius 2 is 1.94 bits per heavy atom. The second-order valence-electron chi connectivity index (χ2n) is 13.2. The quantitative estimate of drug-likeness (QED) is 0.256. The SMILES string of the molecule is C=CC(=O)N1CC2CCN(C)c3c(F)c(-c4c(C)ccc5[nH]ncc45)cc4c3c(nc(=O)n4-c3c(C)ccnc3C(C)C)N2CC1C. The lowest BCUT2D eigenvalue weighted by Gasteiger charge is -2.47. The molecule has 2 atom stereocenters. The van der Waals surface area contributed by atoms with Crippen LogP contribution in [0.25, 0.3) is 38.6 Å². The van der Waals surface area contributed by atoms with E-state index >= 15 is 4.39 Å². The molecule has 1 saturated heterocycles. The van der Waals surface area contributed by atoms with Crippen molar-refractivity contribution in [2.24, 2.45) is 0 Å². The molecule has 47 heavy (non-hydrogen) atoms. The molecule has 0 bridgehead atoms. The Kier molecular flexibility index (Phi) is 7.37. The number of H-pyrrole nitrogens is 1. The summed E-state index contributed by atoms with van der Waals surface area (Å²) in [6, 6.07) is 7.28. The van der Waals surface area contributed by atoms with Gasteiger partial charge in [-0.15, -0.1) is 0 Å². The van der Waals surface area contributed by atoms with E-state index in [9.17, 15) is 9.59 Å². The molecule has 0 radical (unpaired) electrons. The van der Waals surface area contributed by atoms with Crippen molar-refractivity contribution in [1.82, 2.24) is 29.6 Å². The zero-order valence-corrected chi connectivity index (χ0v) is 27.6. The number of anilines is 2. The normalized spacial score (nSPS) is 18.1. The molecule has 1 fully saturated rings. The number of benzene rings is 2. The number of fused-ring (bicyclic) bond motifs is 3. The number of aryl methyl sites for hydroxylation is 2. The highest BCUT2D eigenvalue weighted by molar-refractivity contribution is 6.07. The van der Waals surface area contributed by atoms with E-state index in [-0.39, 0.29) is 29.7 Å². The maximum absolute atomic E-state index is 17.4. The topological polar surface area (TPSA) is 103 Å². The summed E-state index contributed by atoms with van der Waals surface area (Å²) in [5, 5.41) is 8.63. The second kappa shape index (κ2) is 11.3. The predicted molar refractivity (Wildman–Crippen MR) is 184 cm³/mol. The maximum Gasteiger partial charge on any atom is 0.354 e. The van der Waals surface area contributed by atoms with Gasteiger partial charge < -0.3 is 14.7 Å². The van der Waals surface area contributed by atoms with E-state index in [1.54, 1.807) is 23.0 Å². The van der Waals surface area contributed by atoms with Crippen LogP contribution in [0.2, 0.25) is 0 Å². The van der Waals surface area contributed by atoms with Gasteiger partial charge in [-0.05, 0) is 74.1 Å². The molecular formula is C36H39FN8O2. The van der Waals surface area contributed by atoms with Crippen molar-refractivity contribution in [3.8, 4) is 16.8 Å². The average Bonchev–Trinajstić information content (AvgIpc) is 3.52. The van der Waals surface area contributed by atoms with Gasteiger partial charge in [-0.3, -0.25) is 19.4 Å². The van der Waals surface area contributed by atoms with Crippen LogP contribution >= 0.6 is 0 Å². The van der Waals surface area contributed by atoms with E-state index in [4.69, 9.17) is 9.97 Å². The Morgan fingerprint density at radius 3 is 2.68 bits per heavy atom. The Morgan fingerprint density at radius 1 is 1.15 bits per heavy atom. The molecule has 11 heteroatoms. The first kappa shape index (κ1) is 30.6. The first-order valence-corrected chi connectivity index (χ1v) is 16.1. The minimum absolute atomic E-state index is 0.00935. The number of aromatic nitrogens is 5. The summed E-state index contributed by atoms with van der Waals surface area (Å²) in [4.78, 5) is 42.6. The van der Waals surface area contributed by atoms with Crippen LogP contribution in [0, 0.1) is 19.7 Å². The number of aromatic amines is 1. The average molecular weight is 635 g/mol. The lowest BCUT2D eigenvalue weighted by molar-refractivity contribution is -0.128. The van der Waals surface area contributed by atoms with Gasteiger partial charge in [-0.2, -0.15) is 10.1 Å². The highest BCUT2D eigenvalue weighted by atomic mass is 19.1. The van der Waals surface area contributed by atoms with E-state index in [2.05, 4.69) is 21.7 Å². The van der Waals surface area contributed by atoms with Gasteiger partial charge in [0, 0.05) is 55.9 Å². The minimum atomic E-state index is -0.466. The van der Waals surface area contributed by atoms with Crippen molar-refractivity contribution in [2.75, 3.05) is 36.5 Å². The molecule has 7 rings (SSSR count). The van der Waals surface area contributed by atoms with Gasteiger partial charge in [0.1, 0.15) is 5.82 Å². The Hall–Kier alpha value is -5.06. The lowest BCUT2D eigenvalue weighted by Crippen LogP contribution is -2.60. The minimum Gasteiger partial charge on any atom is -0.371 e. The third-order valence-corrected chi connectivity index (χ3v) is 9.85. The summed E-state index contributed by atoms with van der Waals surface area (Å²) < 4.78 is 19.1. The highest BCUT2D eigenvalue weighted by Crippen LogP contribution is 2.45. The molecule has 2 aliphatic heterocycles. The highest BCUT2D eigenvalue weighted by Gasteiger charge is 2.38. The number of halogens is 1. The summed E-state index contributed by atoms with van der Waals surface area (Å²) in [6.07, 6.45) is 5.45. The van der Waals surface area contributed by atoms with Crippen molar-refractivity contribution >= 4 is 39.2 Å². The van der Waals surface area contributed by atoms with Gasteiger partial charge in [-0.1, -0.05) is 26.5 Å². The van der Waals surface area contributed by atoms with E-state index < -0.39 is 5.69 Å². The van der Waals surface area contributed by atoms with Gasteiger partial charge in [0.05, 0.1) is 39.7 Å². The number of pyridine rings is 1. The number of piperazine rings is 1. The Labute approximate surface area is 272 Å². The molecule has 0 aliphatic carbocycles. The van der Waals surface area contributed by atoms with Crippen LogP contribution in [0.3, 0.4) is 0 Å². The van der Waals surface area contributed by atoms with E-state index in [0.717, 1.165) is 33.3 Å². The van der Waals surface area contributed by atoms with Crippen LogP contribution in [0.1, 0.15) is 49.9 Å². The van der Waals surface area contributed by atoms with Gasteiger partial charge in [0.2, 0.25) is 5.91 Å². The Balaban J connectivity index is 1.62. The second-order valence-corrected chi connectivity index (χ2v) is 13.2. The van der Waals surface area contributed by atoms with E-state index in [0.29, 0.717) is 59.7 Å². The molecule has 2 unspecified atom stereocenters. The van der Waals surface area contributed by atoms with Crippen LogP contribution in [-0.2, 0) is 4.79 Å². The molecular weight excluding hydrogens is 595 g/mol. The number of nitrogens with zero attached hydrogens (tertiary/aromatic N) is 7. The van der Waals surface area contributed by atoms with Crippen LogP contribution in [0.4, 0.5) is 15.9 Å². The molecule has 2 aliphatic rings. The number of carbonyl (C=O) groups excluding carboxylic acids is 1. The maximum atomic E-state index is 17.4. The lowest BCUT2D eigenvalue weighted by atomic mass is 9.93. The standard InChI is InChI=1S/C36H39FN8O2/c1-8-28(46)43-18-23-12-14-42(7)34-30-27(15-24(31(34)37)29-20(4)9-10-26-25(29)16-39-41-26)45(33-21(5)11-13-38-32(33)19(2)3)36(47)40-35(30)44(23)17-22(43)6/h8-11,13,15-16,19,22-23H,1,12,14,17-18H2,2-7H3,(H,39,41). The number of rotatable bonds is 4. The number of nitrogens with one attached hydrogen (secondary N) is 1. The molecule has 242 valence electrons. The van der Waals surface area contributed by atoms with E-state index in [1.165, 1.54) is 6.08 Å². The first-order chi connectivity index (χ1) is 22.5. The number of amides is 1. The summed E-state index contributed by atoms with van der Waals surface area (Å²) in [5.41, 5.74) is 5.53. The van der Waals surface area contributed by atoms with Gasteiger partial charge >= 0.3 is 5.69 Å². The summed E-state index contributed by atoms with van der Waals surface area (Å²) in [7, 11) is 1.88. The van der Waals surface area contributed by atoms with Crippen molar-refractivity contribution in [3.63, 3.8) is 0 Å². The van der Waals surface area contributed by atoms with Gasteiger partial charge in [-0.25, -0.2) is 9.18 Å². The zero-order chi connectivity index (χ0) is 33.3. The van der Waals surface area contributed by atoms with Crippen LogP contribution < -0.4 is 15.5 Å². The third kappa shape index (κ3) is 4.70. The van der Waals surface area contributed by atoms with Gasteiger partial charge in [0.25, 0.3) is 0 Å². The molecule has 5 aromatic rings. The monoisotopic (exact) mass is 634 g/mol. The van der Waals surface area contributed by atoms with Crippen LogP contribution in [0.15, 0.2) is 54.1 Å². The molecule has 0 spiro atoms. The number of hydrogen-bond acceptors (Lipinski definition) is 7. The molecule has 0 saturated carbocycles. The molecule has 1 N–H and O–H groups in total. The number of carbonyl (C=O) groups is 1. The summed E-state index contributed by atoms with van der Waals surface area (Å²) in [5.74, 6) is -0.0740. The third-order valence-electron chi connectivity index (χ3n) is 9.85. The summed E-state index contributed by atoms with van der Waals surface area (Å²) >= 11 is 0. The molecule has 3 aromatic heterocycles. The van der Waals surface area contributed by atoms with Crippen LogP contribution in [-0.4, -0.2) is 74.3 Å². The van der Waals surface area contributed by atoms with Crippen LogP contribution in [0.5, 0.6) is 0 Å². The van der Waals surface area contributed by atoms with Crippen molar-refractivity contribution in [2.45, 2.75) is 59.0 Å². The van der Waals surface area contributed by atoms with E-state index in [1.807, 2.05) is 69.7 Å². The van der Waals surface area contributed by atoms with Crippen molar-refractivity contribution in [1.29, 1.82) is 0 Å². The van der Waals surface area contributed by atoms with Gasteiger partial charge in [0.15, 0.2) is 5.82 Å². The van der Waals surface area contributed by atoms with Crippen molar-refractivity contribution in [3.05, 3.63) is 82.4 Å². The zero-order valence-electron chi connectivity index (χ0n) is 27.6. The largest absolute Gasteiger partial charge is 0.371 e. The fourth-order valence-corrected chi connectivity index (χ4v) is 7.48. The number of hydrogen-bond donors (Lipinski definition) is 1. The molecule has 5 heterocycles. The fourth-order valence-electron chi connectivity index (χ4n) is 7.48. The fraction of sp³-hybridized carbons (Fsp3) is 0.361. The Bertz CT molecular complexity index is 2150. The molecule has 2 aromatic carbocycles. The first-order valence-electron chi connectivity index (χ1n) is 16.1. The predicted octanol–water partition coefficient (Wildman–Crippen LogP) is 5.63. The molecule has 10 nitrogen and oxygen atoms in total. The molecule has 1 amide bonds. The summed E-state index contributed by atoms with van der Waals surface area (Å²) in [6.45, 7) is 15.1. The van der Waals surface area contributed by atoms with Crippen molar-refractivity contribution < 1.29 is 9.18 Å². The smallest absolute Gasteiger partial charge is 0.354 e.